The number of hydrogen-bond acceptors (Lipinski definition) is 3. The molecule has 1 N–H and O–H groups in total. The quantitative estimate of drug-likeness (QED) is 0.856. The van der Waals surface area contributed by atoms with Gasteiger partial charge in [-0.25, -0.2) is 4.98 Å². The monoisotopic (exact) mass is 239 g/mol. The molecule has 1 aromatic heterocycles. The zero-order chi connectivity index (χ0) is 11.4. The van der Waals surface area contributed by atoms with Crippen molar-refractivity contribution in [3.05, 3.63) is 18.2 Å². The molecule has 1 aliphatic heterocycles. The Kier molecular flexibility index (Phi) is 4.29. The summed E-state index contributed by atoms with van der Waals surface area (Å²) in [5.74, 6) is 0. The summed E-state index contributed by atoms with van der Waals surface area (Å²) in [5.41, 5.74) is 1.37. The second kappa shape index (κ2) is 5.73. The molecule has 0 radical (unpaired) electrons. The zero-order valence-corrected chi connectivity index (χ0v) is 11.0. The average molecular weight is 239 g/mol. The molecule has 1 saturated heterocycles. The van der Waals surface area contributed by atoms with E-state index in [0.29, 0.717) is 6.04 Å². The van der Waals surface area contributed by atoms with Crippen LogP contribution >= 0.6 is 11.8 Å². The number of nitrogens with one attached hydrogen (secondary N) is 1. The fourth-order valence-corrected chi connectivity index (χ4v) is 2.52. The van der Waals surface area contributed by atoms with Crippen LogP contribution in [0.3, 0.4) is 0 Å². The van der Waals surface area contributed by atoms with E-state index in [1.165, 1.54) is 25.0 Å². The van der Waals surface area contributed by atoms with Crippen LogP contribution in [0.2, 0.25) is 0 Å². The first-order chi connectivity index (χ1) is 7.81. The Labute approximate surface area is 102 Å². The minimum absolute atomic E-state index is 0.534. The van der Waals surface area contributed by atoms with Gasteiger partial charge in [-0.2, -0.15) is 11.8 Å². The number of thioether (sulfide) groups is 1. The van der Waals surface area contributed by atoms with Gasteiger partial charge in [-0.05, 0) is 32.1 Å². The third-order valence-corrected chi connectivity index (χ3v) is 4.38. The molecule has 2 atom stereocenters. The van der Waals surface area contributed by atoms with Crippen LogP contribution in [0.5, 0.6) is 0 Å². The first-order valence-corrected chi connectivity index (χ1v) is 7.36. The second-order valence-corrected chi connectivity index (χ2v) is 5.77. The number of nitrogens with zero attached hydrogens (tertiary/aromatic N) is 2. The van der Waals surface area contributed by atoms with Crippen molar-refractivity contribution >= 4 is 11.8 Å². The number of aromatic nitrogens is 2. The SMILES string of the molecule is CSC(C)CCn1cncc1C1CCCN1. The van der Waals surface area contributed by atoms with Crippen molar-refractivity contribution < 1.29 is 0 Å². The molecule has 0 aliphatic carbocycles. The van der Waals surface area contributed by atoms with E-state index in [1.807, 2.05) is 24.3 Å². The molecule has 16 heavy (non-hydrogen) atoms. The average Bonchev–Trinajstić information content (AvgIpc) is 2.95. The lowest BCUT2D eigenvalue weighted by molar-refractivity contribution is 0.548. The molecule has 0 spiro atoms. The van der Waals surface area contributed by atoms with Gasteiger partial charge in [0.25, 0.3) is 0 Å². The number of hydrogen-bond donors (Lipinski definition) is 1. The highest BCUT2D eigenvalue weighted by molar-refractivity contribution is 7.99. The Morgan fingerprint density at radius 1 is 1.69 bits per heavy atom. The highest BCUT2D eigenvalue weighted by Crippen LogP contribution is 2.23. The van der Waals surface area contributed by atoms with E-state index in [-0.39, 0.29) is 0 Å². The van der Waals surface area contributed by atoms with Gasteiger partial charge in [-0.15, -0.1) is 0 Å². The maximum Gasteiger partial charge on any atom is 0.0948 e. The van der Waals surface area contributed by atoms with E-state index in [0.717, 1.165) is 18.3 Å². The van der Waals surface area contributed by atoms with Crippen molar-refractivity contribution in [3.63, 3.8) is 0 Å². The van der Waals surface area contributed by atoms with E-state index in [4.69, 9.17) is 0 Å². The molecule has 0 saturated carbocycles. The molecular weight excluding hydrogens is 218 g/mol. The summed E-state index contributed by atoms with van der Waals surface area (Å²) in [6, 6.07) is 0.534. The normalized spacial score (nSPS) is 22.5. The summed E-state index contributed by atoms with van der Waals surface area (Å²) < 4.78 is 2.32. The van der Waals surface area contributed by atoms with E-state index in [1.54, 1.807) is 0 Å². The maximum atomic E-state index is 4.29. The molecule has 1 fully saturated rings. The number of aryl methyl sites for hydroxylation is 1. The molecular formula is C12H21N3S. The maximum absolute atomic E-state index is 4.29. The molecule has 1 aromatic rings. The third kappa shape index (κ3) is 2.80. The molecule has 2 heterocycles. The summed E-state index contributed by atoms with van der Waals surface area (Å²) in [4.78, 5) is 4.29. The van der Waals surface area contributed by atoms with Crippen LogP contribution in [0.25, 0.3) is 0 Å². The summed E-state index contributed by atoms with van der Waals surface area (Å²) in [7, 11) is 0. The smallest absolute Gasteiger partial charge is 0.0948 e. The highest BCUT2D eigenvalue weighted by Gasteiger charge is 2.19. The van der Waals surface area contributed by atoms with Crippen molar-refractivity contribution in [2.24, 2.45) is 0 Å². The van der Waals surface area contributed by atoms with Crippen molar-refractivity contribution in [2.45, 2.75) is 44.0 Å². The summed E-state index contributed by atoms with van der Waals surface area (Å²) in [6.45, 7) is 4.53. The van der Waals surface area contributed by atoms with E-state index >= 15 is 0 Å². The summed E-state index contributed by atoms with van der Waals surface area (Å²) in [5, 5.41) is 4.26. The predicted octanol–water partition coefficient (Wildman–Crippen LogP) is 2.45. The minimum Gasteiger partial charge on any atom is -0.333 e. The van der Waals surface area contributed by atoms with Crippen molar-refractivity contribution in [1.82, 2.24) is 14.9 Å². The van der Waals surface area contributed by atoms with Crippen molar-refractivity contribution in [2.75, 3.05) is 12.8 Å². The number of imidazole rings is 1. The fourth-order valence-electron chi connectivity index (χ4n) is 2.18. The Bertz CT molecular complexity index is 318. The summed E-state index contributed by atoms with van der Waals surface area (Å²) >= 11 is 1.94. The first-order valence-electron chi connectivity index (χ1n) is 6.07. The lowest BCUT2D eigenvalue weighted by atomic mass is 10.1. The van der Waals surface area contributed by atoms with Crippen molar-refractivity contribution in [1.29, 1.82) is 0 Å². The molecule has 2 rings (SSSR count). The van der Waals surface area contributed by atoms with Crippen LogP contribution < -0.4 is 5.32 Å². The van der Waals surface area contributed by atoms with Crippen LogP contribution in [-0.2, 0) is 6.54 Å². The van der Waals surface area contributed by atoms with Gasteiger partial charge in [0.2, 0.25) is 0 Å². The molecule has 2 unspecified atom stereocenters. The number of rotatable bonds is 5. The Balaban J connectivity index is 1.95. The Hall–Kier alpha value is -0.480. The minimum atomic E-state index is 0.534. The lowest BCUT2D eigenvalue weighted by Gasteiger charge is -2.15. The largest absolute Gasteiger partial charge is 0.333 e. The third-order valence-electron chi connectivity index (χ3n) is 3.34. The van der Waals surface area contributed by atoms with Crippen LogP contribution in [0.15, 0.2) is 12.5 Å². The molecule has 0 bridgehead atoms. The highest BCUT2D eigenvalue weighted by atomic mass is 32.2. The van der Waals surface area contributed by atoms with Crippen LogP contribution in [0.1, 0.15) is 37.9 Å². The second-order valence-electron chi connectivity index (χ2n) is 4.50. The van der Waals surface area contributed by atoms with E-state index < -0.39 is 0 Å². The van der Waals surface area contributed by atoms with Gasteiger partial charge in [0.05, 0.1) is 12.0 Å². The standard InChI is InChI=1S/C12H21N3S/c1-10(16-2)5-7-15-9-13-8-12(15)11-4-3-6-14-11/h8-11,14H,3-7H2,1-2H3. The molecule has 1 aliphatic rings. The first kappa shape index (κ1) is 12.0. The molecule has 3 nitrogen and oxygen atoms in total. The van der Waals surface area contributed by atoms with Crippen LogP contribution in [0, 0.1) is 0 Å². The molecule has 90 valence electrons. The topological polar surface area (TPSA) is 29.9 Å². The Morgan fingerprint density at radius 2 is 2.56 bits per heavy atom. The predicted molar refractivity (Wildman–Crippen MR) is 69.8 cm³/mol. The van der Waals surface area contributed by atoms with Gasteiger partial charge in [0, 0.05) is 24.0 Å². The molecule has 0 amide bonds. The van der Waals surface area contributed by atoms with Gasteiger partial charge in [-0.1, -0.05) is 6.92 Å². The van der Waals surface area contributed by atoms with Gasteiger partial charge >= 0.3 is 0 Å². The lowest BCUT2D eigenvalue weighted by Crippen LogP contribution is -2.17. The fraction of sp³-hybridized carbons (Fsp3) is 0.750. The van der Waals surface area contributed by atoms with Gasteiger partial charge in [0.1, 0.15) is 0 Å². The Morgan fingerprint density at radius 3 is 3.25 bits per heavy atom. The molecule has 4 heteroatoms. The van der Waals surface area contributed by atoms with Crippen LogP contribution in [0.4, 0.5) is 0 Å². The van der Waals surface area contributed by atoms with Crippen molar-refractivity contribution in [3.8, 4) is 0 Å². The van der Waals surface area contributed by atoms with E-state index in [9.17, 15) is 0 Å². The van der Waals surface area contributed by atoms with E-state index in [2.05, 4.69) is 28.0 Å². The molecule has 0 aromatic carbocycles. The summed E-state index contributed by atoms with van der Waals surface area (Å²) in [6.07, 6.45) is 9.94. The zero-order valence-electron chi connectivity index (χ0n) is 10.1. The van der Waals surface area contributed by atoms with Crippen LogP contribution in [-0.4, -0.2) is 27.6 Å². The van der Waals surface area contributed by atoms with Gasteiger partial charge in [0.15, 0.2) is 0 Å². The van der Waals surface area contributed by atoms with Gasteiger partial charge in [-0.3, -0.25) is 0 Å². The van der Waals surface area contributed by atoms with Gasteiger partial charge < -0.3 is 9.88 Å².